The fourth-order valence-corrected chi connectivity index (χ4v) is 5.30. The highest BCUT2D eigenvalue weighted by atomic mass is 16.5. The molecule has 0 unspecified atom stereocenters. The van der Waals surface area contributed by atoms with Gasteiger partial charge in [0.1, 0.15) is 26.4 Å². The second-order valence-electron chi connectivity index (χ2n) is 13.2. The zero-order chi connectivity index (χ0) is 34.3. The Morgan fingerprint density at radius 2 is 0.872 bits per heavy atom. The molecule has 0 saturated heterocycles. The number of allylic oxidation sites excluding steroid dienone is 12. The maximum atomic E-state index is 12.6. The topological polar surface area (TPSA) is 29.3 Å². The molecule has 0 N–H and O–H groups in total. The van der Waals surface area contributed by atoms with E-state index in [0.29, 0.717) is 6.42 Å². The molecule has 0 atom stereocenters. The number of hydrogen-bond donors (Lipinski definition) is 0. The standard InChI is InChI=1S/C44H76NO2/c1-5-7-9-11-13-15-17-19-21-23-25-27-29-31-33-35-39-43(47-44(46)41-37-38-42-45(3)4)40-36-34-32-30-28-26-24-22-20-18-16-14-12-10-8-6-2/h13-16,19-22,25-28,42-43H,5-12,17-18,23-24,29-41H2,1-4H3/q+1/b15-13-,16-14-,21-19-,22-20-,27-25-,28-26-. The number of nitrogens with zero attached hydrogens (tertiary/aromatic N) is 1. The summed E-state index contributed by atoms with van der Waals surface area (Å²) >= 11 is 0. The fourth-order valence-electron chi connectivity index (χ4n) is 5.30. The molecule has 0 aliphatic carbocycles. The van der Waals surface area contributed by atoms with Crippen LogP contribution in [0.25, 0.3) is 0 Å². The molecule has 0 aromatic carbocycles. The van der Waals surface area contributed by atoms with Crippen molar-refractivity contribution in [2.24, 2.45) is 0 Å². The van der Waals surface area contributed by atoms with Crippen molar-refractivity contribution >= 4 is 12.2 Å². The van der Waals surface area contributed by atoms with E-state index < -0.39 is 0 Å². The van der Waals surface area contributed by atoms with Crippen LogP contribution in [0.4, 0.5) is 0 Å². The fraction of sp³-hybridized carbons (Fsp3) is 0.682. The average Bonchev–Trinajstić information content (AvgIpc) is 3.06. The number of carbonyl (C=O) groups excluding carboxylic acids is 1. The molecular weight excluding hydrogens is 574 g/mol. The van der Waals surface area contributed by atoms with Crippen molar-refractivity contribution in [2.75, 3.05) is 14.1 Å². The van der Waals surface area contributed by atoms with Crippen molar-refractivity contribution < 1.29 is 14.1 Å². The van der Waals surface area contributed by atoms with Gasteiger partial charge in [-0.15, -0.1) is 0 Å². The molecule has 3 heteroatoms. The number of esters is 1. The maximum absolute atomic E-state index is 12.6. The lowest BCUT2D eigenvalue weighted by Gasteiger charge is -2.18. The number of ether oxygens (including phenoxy) is 1. The highest BCUT2D eigenvalue weighted by Crippen LogP contribution is 2.17. The summed E-state index contributed by atoms with van der Waals surface area (Å²) < 4.78 is 8.04. The lowest BCUT2D eigenvalue weighted by atomic mass is 10.0. The number of hydrogen-bond acceptors (Lipinski definition) is 2. The predicted octanol–water partition coefficient (Wildman–Crippen LogP) is 13.4. The summed E-state index contributed by atoms with van der Waals surface area (Å²) in [5.41, 5.74) is 0. The van der Waals surface area contributed by atoms with Crippen LogP contribution in [-0.2, 0) is 9.53 Å². The number of rotatable bonds is 33. The second-order valence-corrected chi connectivity index (χ2v) is 13.2. The second kappa shape index (κ2) is 38.0. The summed E-state index contributed by atoms with van der Waals surface area (Å²) in [4.78, 5) is 12.6. The normalized spacial score (nSPS) is 12.4. The van der Waals surface area contributed by atoms with Crippen LogP contribution in [-0.4, -0.2) is 37.0 Å². The SMILES string of the molecule is CCCCC/C=C\C/C=C\C/C=C\CCCCCC(CCCCC/C=C\C/C=C\C/C=C\CCCCC)OC(=O)CCCC=[N+](C)C. The Morgan fingerprint density at radius 1 is 0.489 bits per heavy atom. The molecule has 0 saturated carbocycles. The van der Waals surface area contributed by atoms with E-state index in [1.54, 1.807) is 0 Å². The van der Waals surface area contributed by atoms with Gasteiger partial charge in [0.05, 0.1) is 0 Å². The van der Waals surface area contributed by atoms with Crippen LogP contribution in [0.3, 0.4) is 0 Å². The Bertz CT molecular complexity index is 831. The van der Waals surface area contributed by atoms with Crippen molar-refractivity contribution in [2.45, 2.75) is 180 Å². The first kappa shape index (κ1) is 44.6. The van der Waals surface area contributed by atoms with Gasteiger partial charge in [0.2, 0.25) is 0 Å². The van der Waals surface area contributed by atoms with E-state index in [1.165, 1.54) is 77.0 Å². The zero-order valence-corrected chi connectivity index (χ0v) is 31.5. The van der Waals surface area contributed by atoms with Crippen LogP contribution < -0.4 is 0 Å². The predicted molar refractivity (Wildman–Crippen MR) is 210 cm³/mol. The molecule has 0 spiro atoms. The van der Waals surface area contributed by atoms with Gasteiger partial charge in [-0.05, 0) is 109 Å². The van der Waals surface area contributed by atoms with Gasteiger partial charge >= 0.3 is 5.97 Å². The quantitative estimate of drug-likeness (QED) is 0.0232. The minimum Gasteiger partial charge on any atom is -0.462 e. The Morgan fingerprint density at radius 3 is 1.26 bits per heavy atom. The molecule has 0 amide bonds. The highest BCUT2D eigenvalue weighted by Gasteiger charge is 2.14. The van der Waals surface area contributed by atoms with Gasteiger partial charge in [-0.25, -0.2) is 4.58 Å². The third kappa shape index (κ3) is 37.9. The summed E-state index contributed by atoms with van der Waals surface area (Å²) in [6.07, 6.45) is 57.9. The van der Waals surface area contributed by atoms with Crippen molar-refractivity contribution in [1.29, 1.82) is 0 Å². The molecule has 0 aliphatic rings. The lowest BCUT2D eigenvalue weighted by Crippen LogP contribution is -2.18. The minimum absolute atomic E-state index is 0.0203. The summed E-state index contributed by atoms with van der Waals surface area (Å²) in [7, 11) is 4.06. The first-order valence-corrected chi connectivity index (χ1v) is 19.7. The smallest absolute Gasteiger partial charge is 0.306 e. The van der Waals surface area contributed by atoms with E-state index in [0.717, 1.165) is 77.0 Å². The summed E-state index contributed by atoms with van der Waals surface area (Å²) in [6.45, 7) is 4.51. The van der Waals surface area contributed by atoms with Crippen molar-refractivity contribution in [3.63, 3.8) is 0 Å². The highest BCUT2D eigenvalue weighted by molar-refractivity contribution is 5.70. The lowest BCUT2D eigenvalue weighted by molar-refractivity contribution is -0.460. The van der Waals surface area contributed by atoms with Crippen LogP contribution in [0, 0.1) is 0 Å². The Hall–Kier alpha value is -2.42. The number of unbranched alkanes of at least 4 members (excludes halogenated alkanes) is 13. The van der Waals surface area contributed by atoms with Crippen LogP contribution >= 0.6 is 0 Å². The van der Waals surface area contributed by atoms with Gasteiger partial charge in [-0.3, -0.25) is 4.79 Å². The first-order valence-electron chi connectivity index (χ1n) is 19.7. The van der Waals surface area contributed by atoms with Crippen LogP contribution in [0.1, 0.15) is 174 Å². The Kier molecular flexibility index (Phi) is 36.1. The Balaban J connectivity index is 4.21. The molecule has 0 heterocycles. The van der Waals surface area contributed by atoms with E-state index in [-0.39, 0.29) is 12.1 Å². The van der Waals surface area contributed by atoms with Crippen molar-refractivity contribution in [1.82, 2.24) is 0 Å². The van der Waals surface area contributed by atoms with Gasteiger partial charge in [0.15, 0.2) is 0 Å². The van der Waals surface area contributed by atoms with E-state index >= 15 is 0 Å². The molecule has 0 bridgehead atoms. The monoisotopic (exact) mass is 651 g/mol. The summed E-state index contributed by atoms with van der Waals surface area (Å²) in [5.74, 6) is -0.0203. The molecule has 0 rings (SSSR count). The molecule has 0 aliphatic heterocycles. The van der Waals surface area contributed by atoms with Crippen LogP contribution in [0.15, 0.2) is 72.9 Å². The summed E-state index contributed by atoms with van der Waals surface area (Å²) in [5, 5.41) is 0. The molecule has 0 aromatic heterocycles. The number of carbonyl (C=O) groups is 1. The minimum atomic E-state index is -0.0203. The maximum Gasteiger partial charge on any atom is 0.306 e. The first-order chi connectivity index (χ1) is 23.1. The van der Waals surface area contributed by atoms with Crippen molar-refractivity contribution in [3.05, 3.63) is 72.9 Å². The third-order valence-corrected chi connectivity index (χ3v) is 8.21. The molecule has 268 valence electrons. The van der Waals surface area contributed by atoms with E-state index in [9.17, 15) is 4.79 Å². The Labute approximate surface area is 293 Å². The van der Waals surface area contributed by atoms with E-state index in [2.05, 4.69) is 97.5 Å². The molecular formula is C44H76NO2+. The third-order valence-electron chi connectivity index (χ3n) is 8.21. The zero-order valence-electron chi connectivity index (χ0n) is 31.5. The van der Waals surface area contributed by atoms with Gasteiger partial charge in [0, 0.05) is 12.8 Å². The molecule has 3 nitrogen and oxygen atoms in total. The summed E-state index contributed by atoms with van der Waals surface area (Å²) in [6, 6.07) is 0. The van der Waals surface area contributed by atoms with Gasteiger partial charge in [-0.2, -0.15) is 0 Å². The van der Waals surface area contributed by atoms with Gasteiger partial charge in [0.25, 0.3) is 0 Å². The molecule has 47 heavy (non-hydrogen) atoms. The largest absolute Gasteiger partial charge is 0.462 e. The van der Waals surface area contributed by atoms with E-state index in [1.807, 2.05) is 14.1 Å². The molecule has 0 radical (unpaired) electrons. The van der Waals surface area contributed by atoms with Gasteiger partial charge < -0.3 is 4.74 Å². The molecule has 0 fully saturated rings. The van der Waals surface area contributed by atoms with Crippen molar-refractivity contribution in [3.8, 4) is 0 Å². The van der Waals surface area contributed by atoms with E-state index in [4.69, 9.17) is 4.74 Å². The van der Waals surface area contributed by atoms with Crippen LogP contribution in [0.2, 0.25) is 0 Å². The molecule has 0 aromatic rings. The van der Waals surface area contributed by atoms with Gasteiger partial charge in [-0.1, -0.05) is 125 Å². The van der Waals surface area contributed by atoms with Crippen LogP contribution in [0.5, 0.6) is 0 Å². The average molecular weight is 651 g/mol.